The zero-order chi connectivity index (χ0) is 39.0. The minimum Gasteiger partial charge on any atom is -0.352 e. The number of rotatable bonds is 5. The monoisotopic (exact) mass is 748 g/mol. The van der Waals surface area contributed by atoms with Crippen molar-refractivity contribution < 1.29 is 4.92 Å². The molecule has 0 amide bonds. The van der Waals surface area contributed by atoms with E-state index in [9.17, 15) is 10.1 Å². The van der Waals surface area contributed by atoms with Crippen LogP contribution in [0.2, 0.25) is 0 Å². The van der Waals surface area contributed by atoms with Gasteiger partial charge in [-0.2, -0.15) is 0 Å². The molecule has 0 aliphatic carbocycles. The zero-order valence-electron chi connectivity index (χ0n) is 31.4. The number of benzene rings is 10. The first-order valence-corrected chi connectivity index (χ1v) is 19.3. The summed E-state index contributed by atoms with van der Waals surface area (Å²) < 4.78 is 0. The van der Waals surface area contributed by atoms with Crippen molar-refractivity contribution in [1.82, 2.24) is 0 Å². The van der Waals surface area contributed by atoms with Crippen LogP contribution in [-0.2, 0) is 0 Å². The number of hydrogen-bond donors (Lipinski definition) is 1. The molecule has 0 fully saturated rings. The Hall–Kier alpha value is -7.96. The standard InChI is InChI=1S/C26H18N2O2.C26H18N2/c29-28(30)25-17-15-20-9-6-7-13-24(20)26(25)27(22-11-2-1-3-12-22)23-16-14-19-8-4-5-10-21(19)18-23;1-2-10-20(11-3-1)28-24-17-15-18-8-4-6-12-21(18)25(24)27-23-16-14-19-9-5-7-13-22(19)26(23)28/h1-18H;1-17,27H. The highest BCUT2D eigenvalue weighted by molar-refractivity contribution is 6.14. The number of nitrogens with zero attached hydrogens (tertiary/aromatic N) is 3. The molecule has 58 heavy (non-hydrogen) atoms. The number of nitro benzene ring substituents is 1. The average molecular weight is 749 g/mol. The van der Waals surface area contributed by atoms with Gasteiger partial charge >= 0.3 is 0 Å². The fourth-order valence-corrected chi connectivity index (χ4v) is 8.20. The van der Waals surface area contributed by atoms with Gasteiger partial charge < -0.3 is 15.1 Å². The lowest BCUT2D eigenvalue weighted by Crippen LogP contribution is -2.18. The molecular formula is C52H36N4O2. The van der Waals surface area contributed by atoms with E-state index < -0.39 is 0 Å². The fourth-order valence-electron chi connectivity index (χ4n) is 8.20. The molecule has 0 aromatic heterocycles. The van der Waals surface area contributed by atoms with Crippen LogP contribution >= 0.6 is 0 Å². The van der Waals surface area contributed by atoms with E-state index in [1.165, 1.54) is 32.9 Å². The van der Waals surface area contributed by atoms with Gasteiger partial charge in [0.2, 0.25) is 0 Å². The van der Waals surface area contributed by atoms with E-state index in [0.29, 0.717) is 5.69 Å². The van der Waals surface area contributed by atoms with Gasteiger partial charge in [0, 0.05) is 39.3 Å². The Bertz CT molecular complexity index is 3150. The number of nitrogens with one attached hydrogen (secondary N) is 1. The van der Waals surface area contributed by atoms with Crippen molar-refractivity contribution in [2.75, 3.05) is 15.1 Å². The molecule has 1 aliphatic heterocycles. The summed E-state index contributed by atoms with van der Waals surface area (Å²) in [4.78, 5) is 16.1. The summed E-state index contributed by atoms with van der Waals surface area (Å²) >= 11 is 0. The molecule has 10 aromatic rings. The van der Waals surface area contributed by atoms with Crippen molar-refractivity contribution in [1.29, 1.82) is 0 Å². The summed E-state index contributed by atoms with van der Waals surface area (Å²) in [5.41, 5.74) is 8.21. The van der Waals surface area contributed by atoms with E-state index in [1.54, 1.807) is 12.1 Å². The van der Waals surface area contributed by atoms with Crippen LogP contribution in [0.15, 0.2) is 212 Å². The van der Waals surface area contributed by atoms with Gasteiger partial charge in [-0.05, 0) is 81.5 Å². The molecule has 0 bridgehead atoms. The molecule has 0 spiro atoms. The SMILES string of the molecule is O=[N+]([O-])c1ccc2ccccc2c1N(c1ccccc1)c1ccc2ccccc2c1.c1ccc(N2c3ccc4ccccc4c3Nc3ccc4ccccc4c32)cc1. The molecule has 276 valence electrons. The summed E-state index contributed by atoms with van der Waals surface area (Å²) in [5.74, 6) is 0. The van der Waals surface area contributed by atoms with E-state index in [1.807, 2.05) is 77.7 Å². The molecule has 0 saturated carbocycles. The molecule has 0 saturated heterocycles. The number of hydrogen-bond acceptors (Lipinski definition) is 5. The third kappa shape index (κ3) is 6.10. The van der Waals surface area contributed by atoms with Gasteiger partial charge in [0.25, 0.3) is 5.69 Å². The van der Waals surface area contributed by atoms with Crippen LogP contribution in [0.4, 0.5) is 51.2 Å². The lowest BCUT2D eigenvalue weighted by atomic mass is 9.99. The molecule has 6 heteroatoms. The highest BCUT2D eigenvalue weighted by Crippen LogP contribution is 2.52. The Morgan fingerprint density at radius 3 is 1.72 bits per heavy atom. The Morgan fingerprint density at radius 2 is 1.00 bits per heavy atom. The predicted octanol–water partition coefficient (Wildman–Crippen LogP) is 14.9. The third-order valence-corrected chi connectivity index (χ3v) is 10.9. The van der Waals surface area contributed by atoms with Crippen LogP contribution in [0.3, 0.4) is 0 Å². The molecule has 1 heterocycles. The minimum atomic E-state index is -0.307. The first kappa shape index (κ1) is 34.5. The molecule has 0 atom stereocenters. The molecule has 1 aliphatic rings. The van der Waals surface area contributed by atoms with Gasteiger partial charge in [-0.3, -0.25) is 10.1 Å². The van der Waals surface area contributed by atoms with E-state index in [-0.39, 0.29) is 10.6 Å². The lowest BCUT2D eigenvalue weighted by Gasteiger charge is -2.35. The second kappa shape index (κ2) is 14.6. The molecule has 0 radical (unpaired) electrons. The molecule has 11 rings (SSSR count). The van der Waals surface area contributed by atoms with Crippen molar-refractivity contribution in [3.05, 3.63) is 222 Å². The Morgan fingerprint density at radius 1 is 0.466 bits per heavy atom. The summed E-state index contributed by atoms with van der Waals surface area (Å²) in [6, 6.07) is 71.8. The van der Waals surface area contributed by atoms with Crippen LogP contribution in [0.1, 0.15) is 0 Å². The highest BCUT2D eigenvalue weighted by atomic mass is 16.6. The summed E-state index contributed by atoms with van der Waals surface area (Å²) in [6.07, 6.45) is 0. The molecular weight excluding hydrogens is 713 g/mol. The number of fused-ring (bicyclic) bond motifs is 8. The fraction of sp³-hybridized carbons (Fsp3) is 0. The minimum absolute atomic E-state index is 0.0747. The number of anilines is 8. The van der Waals surface area contributed by atoms with Gasteiger partial charge in [0.05, 0.1) is 27.7 Å². The number of para-hydroxylation sites is 2. The Kier molecular flexibility index (Phi) is 8.69. The third-order valence-electron chi connectivity index (χ3n) is 10.9. The molecule has 0 unspecified atom stereocenters. The molecule has 1 N–H and O–H groups in total. The molecule has 10 aromatic carbocycles. The second-order valence-corrected chi connectivity index (χ2v) is 14.3. The largest absolute Gasteiger partial charge is 0.352 e. The van der Waals surface area contributed by atoms with Gasteiger partial charge in [-0.15, -0.1) is 0 Å². The average Bonchev–Trinajstić information content (AvgIpc) is 3.29. The Labute approximate surface area is 335 Å². The second-order valence-electron chi connectivity index (χ2n) is 14.3. The maximum Gasteiger partial charge on any atom is 0.293 e. The van der Waals surface area contributed by atoms with Crippen LogP contribution in [0, 0.1) is 10.1 Å². The predicted molar refractivity (Wildman–Crippen MR) is 242 cm³/mol. The first-order chi connectivity index (χ1) is 28.6. The molecule has 6 nitrogen and oxygen atoms in total. The van der Waals surface area contributed by atoms with Crippen molar-refractivity contribution in [3.8, 4) is 0 Å². The van der Waals surface area contributed by atoms with Crippen molar-refractivity contribution in [2.45, 2.75) is 0 Å². The maximum atomic E-state index is 12.0. The van der Waals surface area contributed by atoms with Gasteiger partial charge in [-0.1, -0.05) is 152 Å². The van der Waals surface area contributed by atoms with Crippen LogP contribution < -0.4 is 15.1 Å². The van der Waals surface area contributed by atoms with E-state index in [0.717, 1.165) is 50.0 Å². The quantitative estimate of drug-likeness (QED) is 0.140. The smallest absolute Gasteiger partial charge is 0.293 e. The van der Waals surface area contributed by atoms with Gasteiger partial charge in [-0.25, -0.2) is 0 Å². The normalized spacial score (nSPS) is 11.7. The summed E-state index contributed by atoms with van der Waals surface area (Å²) in [7, 11) is 0. The lowest BCUT2D eigenvalue weighted by molar-refractivity contribution is -0.383. The van der Waals surface area contributed by atoms with E-state index >= 15 is 0 Å². The van der Waals surface area contributed by atoms with Crippen molar-refractivity contribution in [2.24, 2.45) is 0 Å². The van der Waals surface area contributed by atoms with Crippen molar-refractivity contribution >= 4 is 94.3 Å². The Balaban J connectivity index is 0.000000141. The maximum absolute atomic E-state index is 12.0. The van der Waals surface area contributed by atoms with Crippen molar-refractivity contribution in [3.63, 3.8) is 0 Å². The van der Waals surface area contributed by atoms with E-state index in [4.69, 9.17) is 0 Å². The van der Waals surface area contributed by atoms with Crippen LogP contribution in [0.25, 0.3) is 43.1 Å². The van der Waals surface area contributed by atoms with Crippen LogP contribution in [-0.4, -0.2) is 4.92 Å². The summed E-state index contributed by atoms with van der Waals surface area (Å²) in [5, 5.41) is 24.7. The highest BCUT2D eigenvalue weighted by Gasteiger charge is 2.28. The number of nitro groups is 1. The zero-order valence-corrected chi connectivity index (χ0v) is 31.4. The van der Waals surface area contributed by atoms with Crippen LogP contribution in [0.5, 0.6) is 0 Å². The van der Waals surface area contributed by atoms with Gasteiger partial charge in [0.1, 0.15) is 5.69 Å². The first-order valence-electron chi connectivity index (χ1n) is 19.3. The van der Waals surface area contributed by atoms with E-state index in [2.05, 4.69) is 138 Å². The topological polar surface area (TPSA) is 61.7 Å². The van der Waals surface area contributed by atoms with Gasteiger partial charge in [0.15, 0.2) is 0 Å². The summed E-state index contributed by atoms with van der Waals surface area (Å²) in [6.45, 7) is 0.